The zero-order valence-electron chi connectivity index (χ0n) is 68.3. The van der Waals surface area contributed by atoms with E-state index in [-0.39, 0.29) is 49.4 Å². The molecule has 0 amide bonds. The number of aryl methyl sites for hydroxylation is 2. The highest BCUT2D eigenvalue weighted by Crippen LogP contribution is 2.62. The second kappa shape index (κ2) is 32.4. The van der Waals surface area contributed by atoms with Gasteiger partial charge >= 0.3 is 0 Å². The number of hydrogen-bond acceptors (Lipinski definition) is 10. The van der Waals surface area contributed by atoms with Gasteiger partial charge < -0.3 is 50.3 Å². The Labute approximate surface area is 720 Å². The number of phenolic OH excluding ortho intramolecular Hbond substituents is 6. The third kappa shape index (κ3) is 13.0. The summed E-state index contributed by atoms with van der Waals surface area (Å²) in [5.41, 5.74) is 28.4. The van der Waals surface area contributed by atoms with Gasteiger partial charge in [0.2, 0.25) is 0 Å². The lowest BCUT2D eigenvalue weighted by molar-refractivity contribution is 0.201. The summed E-state index contributed by atoms with van der Waals surface area (Å²) in [6.45, 7) is 4.37. The largest absolute Gasteiger partial charge is 0.508 e. The Morgan fingerprint density at radius 2 is 0.403 bits per heavy atom. The second-order valence-electron chi connectivity index (χ2n) is 32.1. The van der Waals surface area contributed by atoms with Crippen molar-refractivity contribution < 1.29 is 50.3 Å². The van der Waals surface area contributed by atoms with Gasteiger partial charge in [0.15, 0.2) is 0 Å². The molecule has 0 aromatic heterocycles. The molecule has 604 valence electrons. The monoisotopic (exact) mass is 1620 g/mol. The SMILES string of the molecule is Cc1cc(C2(c3ccc(O)c(C)c3)c3ccccc3-c3ccccc32)ccc1O.OCCOc1ccc(C2(c3ccc(OCCO)cc3)c3ccccc3-c3ccccc32)cc1.Oc1ccc(C2(c3ccc(O)cc3)c3ccccc3-c3ccccc32)cc1.Oc1ccc2cc(C3(c4ccc5cc(O)ccc5c4)c4ccccc4-c4ccccc43)ccc2c1. The van der Waals surface area contributed by atoms with Crippen molar-refractivity contribution in [3.63, 3.8) is 0 Å². The van der Waals surface area contributed by atoms with Gasteiger partial charge in [-0.2, -0.15) is 0 Å². The van der Waals surface area contributed by atoms with E-state index in [1.807, 2.05) is 98.8 Å². The average molecular weight is 1620 g/mol. The molecule has 0 radical (unpaired) electrons. The van der Waals surface area contributed by atoms with Crippen molar-refractivity contribution in [3.05, 3.63) is 501 Å². The molecule has 0 aliphatic heterocycles. The number of benzene rings is 18. The summed E-state index contributed by atoms with van der Waals surface area (Å²) in [7, 11) is 0. The van der Waals surface area contributed by atoms with Crippen LogP contribution in [0, 0.1) is 13.8 Å². The summed E-state index contributed by atoms with van der Waals surface area (Å²) in [6.07, 6.45) is 0. The maximum Gasteiger partial charge on any atom is 0.119 e. The van der Waals surface area contributed by atoms with Gasteiger partial charge in [0.25, 0.3) is 0 Å². The van der Waals surface area contributed by atoms with Gasteiger partial charge in [-0.3, -0.25) is 0 Å². The molecular weight excluding hydrogens is 1530 g/mol. The molecule has 0 saturated carbocycles. The molecule has 10 nitrogen and oxygen atoms in total. The van der Waals surface area contributed by atoms with Crippen molar-refractivity contribution >= 4 is 21.5 Å². The molecule has 10 heteroatoms. The summed E-state index contributed by atoms with van der Waals surface area (Å²) in [6, 6.07) is 136. The third-order valence-electron chi connectivity index (χ3n) is 25.5. The molecule has 0 heterocycles. The number of aromatic hydroxyl groups is 6. The standard InChI is InChI=1S/C33H22O2.C29H26O4.C27H22O2.C25H18O2/c34-27-15-11-21-17-25(13-9-23(21)19-27)33(26-14-10-24-20-28(35)16-12-22(24)18-26)31-7-3-1-5-29(31)30-6-2-4-8-32(30)33;30-17-19-32-23-13-9-21(10-14-23)29(22-11-15-24(16-12-22)33-20-18-31)27-7-3-1-5-25(27)26-6-2-4-8-28(26)29;1-17-15-19(11-13-25(17)28)27(20-12-14-26(29)18(2)16-20)23-9-5-3-7-21(23)22-8-4-6-10-24(22)27;26-19-13-9-17(10-14-19)25(18-11-15-20(27)16-12-18)23-7-3-1-5-21(23)22-6-2-4-8-24(22)25/h1-20,34-35H;1-16,30-31H,17-20H2;3-16,28-29H,1-2H3;1-16,26-27H. The van der Waals surface area contributed by atoms with E-state index in [1.54, 1.807) is 48.5 Å². The first kappa shape index (κ1) is 78.6. The first-order valence-electron chi connectivity index (χ1n) is 41.8. The number of rotatable bonds is 14. The van der Waals surface area contributed by atoms with Crippen LogP contribution >= 0.6 is 0 Å². The topological polar surface area (TPSA) is 180 Å². The van der Waals surface area contributed by atoms with Gasteiger partial charge in [-0.1, -0.05) is 303 Å². The van der Waals surface area contributed by atoms with Crippen LogP contribution in [-0.4, -0.2) is 67.3 Å². The van der Waals surface area contributed by atoms with Crippen LogP contribution in [-0.2, 0) is 21.7 Å². The minimum absolute atomic E-state index is 0.0167. The normalized spacial score (nSPS) is 13.6. The number of aliphatic hydroxyl groups excluding tert-OH is 2. The van der Waals surface area contributed by atoms with Crippen molar-refractivity contribution in [2.45, 2.75) is 35.5 Å². The van der Waals surface area contributed by atoms with Crippen LogP contribution in [0.3, 0.4) is 0 Å². The Morgan fingerprint density at radius 3 is 0.661 bits per heavy atom. The third-order valence-corrected chi connectivity index (χ3v) is 25.5. The summed E-state index contributed by atoms with van der Waals surface area (Å²) in [5.74, 6) is 3.10. The van der Waals surface area contributed by atoms with E-state index in [0.29, 0.717) is 11.5 Å². The number of ether oxygens (including phenoxy) is 2. The lowest BCUT2D eigenvalue weighted by atomic mass is 9.67. The molecule has 4 aliphatic carbocycles. The molecule has 18 aromatic carbocycles. The van der Waals surface area contributed by atoms with Crippen molar-refractivity contribution in [2.75, 3.05) is 26.4 Å². The van der Waals surface area contributed by atoms with Crippen molar-refractivity contribution in [3.8, 4) is 90.5 Å². The van der Waals surface area contributed by atoms with Crippen molar-refractivity contribution in [2.24, 2.45) is 0 Å². The van der Waals surface area contributed by atoms with E-state index in [4.69, 9.17) is 19.7 Å². The molecular formula is C114H88O10. The van der Waals surface area contributed by atoms with Crippen LogP contribution in [0.5, 0.6) is 46.0 Å². The highest BCUT2D eigenvalue weighted by atomic mass is 16.5. The molecule has 0 saturated heterocycles. The lowest BCUT2D eigenvalue weighted by Gasteiger charge is -2.34. The Bertz CT molecular complexity index is 6650. The summed E-state index contributed by atoms with van der Waals surface area (Å²) in [4.78, 5) is 0. The first-order valence-corrected chi connectivity index (χ1v) is 41.8. The Kier molecular flexibility index (Phi) is 20.5. The number of fused-ring (bicyclic) bond motifs is 14. The van der Waals surface area contributed by atoms with Crippen LogP contribution < -0.4 is 9.47 Å². The Hall–Kier alpha value is -15.2. The molecule has 124 heavy (non-hydrogen) atoms. The summed E-state index contributed by atoms with van der Waals surface area (Å²) < 4.78 is 11.2. The Balaban J connectivity index is 0.000000109. The van der Waals surface area contributed by atoms with E-state index in [1.165, 1.54) is 100 Å². The maximum absolute atomic E-state index is 10.2. The molecule has 4 aliphatic rings. The Morgan fingerprint density at radius 1 is 0.202 bits per heavy atom. The molecule has 18 aromatic rings. The van der Waals surface area contributed by atoms with Crippen LogP contribution in [0.4, 0.5) is 0 Å². The van der Waals surface area contributed by atoms with Gasteiger partial charge in [0.05, 0.1) is 34.9 Å². The number of phenols is 6. The molecule has 0 bridgehead atoms. The fourth-order valence-electron chi connectivity index (χ4n) is 20.2. The molecule has 0 atom stereocenters. The van der Waals surface area contributed by atoms with Gasteiger partial charge in [0, 0.05) is 0 Å². The van der Waals surface area contributed by atoms with Gasteiger partial charge in [-0.25, -0.2) is 0 Å². The van der Waals surface area contributed by atoms with Crippen LogP contribution in [0.2, 0.25) is 0 Å². The summed E-state index contributed by atoms with van der Waals surface area (Å²) >= 11 is 0. The number of hydrogen-bond donors (Lipinski definition) is 8. The fraction of sp³-hybridized carbons (Fsp3) is 0.0877. The average Bonchev–Trinajstić information content (AvgIpc) is 1.59. The molecule has 0 spiro atoms. The minimum Gasteiger partial charge on any atom is -0.508 e. The molecule has 8 N–H and O–H groups in total. The zero-order valence-corrected chi connectivity index (χ0v) is 68.3. The number of aliphatic hydroxyl groups is 2. The van der Waals surface area contributed by atoms with Crippen LogP contribution in [0.25, 0.3) is 66.1 Å². The van der Waals surface area contributed by atoms with Crippen molar-refractivity contribution in [1.82, 2.24) is 0 Å². The van der Waals surface area contributed by atoms with Gasteiger partial charge in [-0.05, 0) is 277 Å². The van der Waals surface area contributed by atoms with E-state index < -0.39 is 21.7 Å². The van der Waals surface area contributed by atoms with Crippen LogP contribution in [0.15, 0.2) is 400 Å². The lowest BCUT2D eigenvalue weighted by Crippen LogP contribution is -2.28. The summed E-state index contributed by atoms with van der Waals surface area (Å²) in [5, 5.41) is 82.4. The van der Waals surface area contributed by atoms with Gasteiger partial charge in [0.1, 0.15) is 59.2 Å². The fourth-order valence-corrected chi connectivity index (χ4v) is 20.2. The smallest absolute Gasteiger partial charge is 0.119 e. The highest BCUT2D eigenvalue weighted by Gasteiger charge is 2.50. The van der Waals surface area contributed by atoms with Gasteiger partial charge in [-0.15, -0.1) is 0 Å². The second-order valence-corrected chi connectivity index (χ2v) is 32.1. The highest BCUT2D eigenvalue weighted by molar-refractivity contribution is 5.94. The van der Waals surface area contributed by atoms with Crippen molar-refractivity contribution in [1.29, 1.82) is 0 Å². The maximum atomic E-state index is 10.2. The predicted octanol–water partition coefficient (Wildman–Crippen LogP) is 24.1. The zero-order chi connectivity index (χ0) is 84.9. The predicted molar refractivity (Wildman–Crippen MR) is 495 cm³/mol. The van der Waals surface area contributed by atoms with E-state index in [0.717, 1.165) is 77.6 Å². The van der Waals surface area contributed by atoms with E-state index >= 15 is 0 Å². The molecule has 22 rings (SSSR count). The quantitative estimate of drug-likeness (QED) is 0.0522. The molecule has 0 fully saturated rings. The molecule has 0 unspecified atom stereocenters. The van der Waals surface area contributed by atoms with Crippen LogP contribution in [0.1, 0.15) is 100 Å². The van der Waals surface area contributed by atoms with E-state index in [9.17, 15) is 30.6 Å². The first-order chi connectivity index (χ1) is 60.7. The van der Waals surface area contributed by atoms with E-state index in [2.05, 4.69) is 267 Å². The minimum atomic E-state index is -0.510.